The van der Waals surface area contributed by atoms with Crippen LogP contribution in [0, 0.1) is 11.7 Å². The fourth-order valence-corrected chi connectivity index (χ4v) is 5.41. The smallest absolute Gasteiger partial charge is 0.378 e. The minimum atomic E-state index is -4.87. The molecule has 0 radical (unpaired) electrons. The molecule has 0 saturated carbocycles. The van der Waals surface area contributed by atoms with Gasteiger partial charge in [-0.2, -0.15) is 13.2 Å². The number of anilines is 2. The molecule has 0 bridgehead atoms. The molecule has 1 atom stereocenters. The van der Waals surface area contributed by atoms with Gasteiger partial charge in [0.25, 0.3) is 5.91 Å². The summed E-state index contributed by atoms with van der Waals surface area (Å²) in [5.74, 6) is -1.85. The molecule has 0 aliphatic carbocycles. The van der Waals surface area contributed by atoms with Gasteiger partial charge in [0.15, 0.2) is 15.5 Å². The van der Waals surface area contributed by atoms with E-state index in [-0.39, 0.29) is 50.8 Å². The number of benzene rings is 1. The number of carbonyl (C=O) groups is 1. The lowest BCUT2D eigenvalue weighted by molar-refractivity contribution is -0.141. The summed E-state index contributed by atoms with van der Waals surface area (Å²) in [6, 6.07) is 3.48. The van der Waals surface area contributed by atoms with Crippen LogP contribution in [0.4, 0.5) is 29.2 Å². The number of morpholine rings is 1. The summed E-state index contributed by atoms with van der Waals surface area (Å²) in [5, 5.41) is 0. The van der Waals surface area contributed by atoms with E-state index in [0.29, 0.717) is 18.8 Å². The molecule has 2 aliphatic heterocycles. The largest absolute Gasteiger partial charge is 0.434 e. The molecule has 38 heavy (non-hydrogen) atoms. The van der Waals surface area contributed by atoms with Crippen LogP contribution < -0.4 is 9.80 Å². The number of alkyl halides is 3. The predicted molar refractivity (Wildman–Crippen MR) is 131 cm³/mol. The van der Waals surface area contributed by atoms with Crippen LogP contribution in [0.1, 0.15) is 29.9 Å². The summed E-state index contributed by atoms with van der Waals surface area (Å²) in [6.07, 6.45) is -3.02. The number of hydrogen-bond donors (Lipinski definition) is 0. The first-order chi connectivity index (χ1) is 17.8. The molecule has 9 nitrogen and oxygen atoms in total. The van der Waals surface area contributed by atoms with Gasteiger partial charge in [0.2, 0.25) is 5.95 Å². The Bertz CT molecular complexity index is 1300. The first kappa shape index (κ1) is 28.0. The van der Waals surface area contributed by atoms with Gasteiger partial charge in [0.05, 0.1) is 24.8 Å². The third kappa shape index (κ3) is 5.85. The van der Waals surface area contributed by atoms with Crippen LogP contribution in [-0.2, 0) is 20.8 Å². The van der Waals surface area contributed by atoms with Crippen molar-refractivity contribution < 1.29 is 35.5 Å². The Morgan fingerprint density at radius 2 is 1.82 bits per heavy atom. The molecule has 3 heterocycles. The van der Waals surface area contributed by atoms with Crippen molar-refractivity contribution in [2.75, 3.05) is 62.0 Å². The Labute approximate surface area is 218 Å². The molecule has 4 rings (SSSR count). The van der Waals surface area contributed by atoms with Crippen molar-refractivity contribution in [1.29, 1.82) is 0 Å². The Kier molecular flexibility index (Phi) is 7.84. The number of carbonyl (C=O) groups excluding carboxylic acids is 1. The highest BCUT2D eigenvalue weighted by Crippen LogP contribution is 2.34. The zero-order valence-electron chi connectivity index (χ0n) is 21.2. The number of piperazine rings is 1. The monoisotopic (exact) mass is 559 g/mol. The second-order valence-electron chi connectivity index (χ2n) is 9.67. The van der Waals surface area contributed by atoms with E-state index in [1.54, 1.807) is 4.90 Å². The van der Waals surface area contributed by atoms with Crippen LogP contribution in [-0.4, -0.2) is 87.4 Å². The third-order valence-electron chi connectivity index (χ3n) is 6.70. The van der Waals surface area contributed by atoms with Gasteiger partial charge in [-0.25, -0.2) is 22.8 Å². The Morgan fingerprint density at radius 1 is 1.13 bits per heavy atom. The van der Waals surface area contributed by atoms with Gasteiger partial charge in [-0.15, -0.1) is 0 Å². The Hall–Kier alpha value is -3.00. The molecule has 2 aliphatic rings. The van der Waals surface area contributed by atoms with Crippen molar-refractivity contribution in [2.45, 2.75) is 31.0 Å². The molecular weight excluding hydrogens is 530 g/mol. The first-order valence-corrected chi connectivity index (χ1v) is 14.0. The van der Waals surface area contributed by atoms with Gasteiger partial charge in [-0.05, 0) is 24.1 Å². The number of amides is 1. The number of rotatable bonds is 5. The van der Waals surface area contributed by atoms with Gasteiger partial charge >= 0.3 is 6.18 Å². The number of ether oxygens (including phenoxy) is 1. The lowest BCUT2D eigenvalue weighted by Gasteiger charge is -2.44. The number of nitrogens with zero attached hydrogens (tertiary/aromatic N) is 5. The molecule has 0 N–H and O–H groups in total. The van der Waals surface area contributed by atoms with E-state index in [0.717, 1.165) is 18.5 Å². The van der Waals surface area contributed by atoms with E-state index in [2.05, 4.69) is 9.97 Å². The maximum absolute atomic E-state index is 14.1. The van der Waals surface area contributed by atoms with Gasteiger partial charge in [0, 0.05) is 50.9 Å². The van der Waals surface area contributed by atoms with Crippen molar-refractivity contribution in [3.8, 4) is 0 Å². The molecule has 208 valence electrons. The number of sulfone groups is 1. The van der Waals surface area contributed by atoms with E-state index in [9.17, 15) is 30.8 Å². The van der Waals surface area contributed by atoms with Crippen molar-refractivity contribution in [3.05, 3.63) is 41.5 Å². The fraction of sp³-hybridized carbons (Fsp3) is 0.542. The number of aromatic nitrogens is 2. The summed E-state index contributed by atoms with van der Waals surface area (Å²) < 4.78 is 85.4. The summed E-state index contributed by atoms with van der Waals surface area (Å²) >= 11 is 0. The average molecular weight is 560 g/mol. The molecule has 2 saturated heterocycles. The minimum absolute atomic E-state index is 0.0554. The van der Waals surface area contributed by atoms with Gasteiger partial charge in [-0.1, -0.05) is 13.8 Å². The predicted octanol–water partition coefficient (Wildman–Crippen LogP) is 2.86. The topological polar surface area (TPSA) is 95.9 Å². The van der Waals surface area contributed by atoms with E-state index in [1.807, 2.05) is 18.7 Å². The first-order valence-electron chi connectivity index (χ1n) is 12.1. The normalized spacial score (nSPS) is 19.3. The highest BCUT2D eigenvalue weighted by atomic mass is 32.2. The standard InChI is InChI=1S/C24H29F4N5O4S/c1-15(2)19-14-32(16-4-5-18(25)20(12-16)38(3,35)36)6-7-33(19)23-29-13-17(21(30-23)24(26,27)28)22(34)31-8-10-37-11-9-31/h4-5,12-13,15,19H,6-11,14H2,1-3H3. The van der Waals surface area contributed by atoms with E-state index in [4.69, 9.17) is 4.74 Å². The van der Waals surface area contributed by atoms with Gasteiger partial charge in [0.1, 0.15) is 10.7 Å². The maximum atomic E-state index is 14.1. The van der Waals surface area contributed by atoms with Gasteiger partial charge in [-0.3, -0.25) is 4.79 Å². The third-order valence-corrected chi connectivity index (χ3v) is 7.81. The van der Waals surface area contributed by atoms with Crippen LogP contribution >= 0.6 is 0 Å². The van der Waals surface area contributed by atoms with Crippen molar-refractivity contribution in [3.63, 3.8) is 0 Å². The zero-order valence-corrected chi connectivity index (χ0v) is 22.0. The van der Waals surface area contributed by atoms with Crippen LogP contribution in [0.5, 0.6) is 0 Å². The number of hydrogen-bond acceptors (Lipinski definition) is 8. The minimum Gasteiger partial charge on any atom is -0.378 e. The molecule has 1 amide bonds. The molecular formula is C24H29F4N5O4S. The summed E-state index contributed by atoms with van der Waals surface area (Å²) in [4.78, 5) is 25.3. The summed E-state index contributed by atoms with van der Waals surface area (Å²) in [5.41, 5.74) is -1.41. The molecule has 14 heteroatoms. The van der Waals surface area contributed by atoms with Gasteiger partial charge < -0.3 is 19.4 Å². The van der Waals surface area contributed by atoms with E-state index < -0.39 is 43.9 Å². The van der Waals surface area contributed by atoms with Crippen molar-refractivity contribution in [1.82, 2.24) is 14.9 Å². The zero-order chi connectivity index (χ0) is 27.8. The molecule has 1 aromatic carbocycles. The number of halogens is 4. The fourth-order valence-electron chi connectivity index (χ4n) is 4.66. The van der Waals surface area contributed by atoms with Crippen LogP contribution in [0.2, 0.25) is 0 Å². The Morgan fingerprint density at radius 3 is 2.42 bits per heavy atom. The Balaban J connectivity index is 1.64. The highest BCUT2D eigenvalue weighted by molar-refractivity contribution is 7.90. The average Bonchev–Trinajstić information content (AvgIpc) is 2.87. The SMILES string of the molecule is CC(C)C1CN(c2ccc(F)c(S(C)(=O)=O)c2)CCN1c1ncc(C(=O)N2CCOCC2)c(C(F)(F)F)n1. The van der Waals surface area contributed by atoms with Crippen LogP contribution in [0.3, 0.4) is 0 Å². The second kappa shape index (κ2) is 10.6. The lowest BCUT2D eigenvalue weighted by Crippen LogP contribution is -2.56. The molecule has 1 aromatic heterocycles. The second-order valence-corrected chi connectivity index (χ2v) is 11.7. The van der Waals surface area contributed by atoms with Crippen LogP contribution in [0.15, 0.2) is 29.3 Å². The van der Waals surface area contributed by atoms with Crippen LogP contribution in [0.25, 0.3) is 0 Å². The molecule has 0 spiro atoms. The van der Waals surface area contributed by atoms with E-state index >= 15 is 0 Å². The summed E-state index contributed by atoms with van der Waals surface area (Å²) in [6.45, 7) is 5.48. The van der Waals surface area contributed by atoms with Crippen molar-refractivity contribution >= 4 is 27.4 Å². The molecule has 2 aromatic rings. The highest BCUT2D eigenvalue weighted by Gasteiger charge is 2.41. The lowest BCUT2D eigenvalue weighted by atomic mass is 9.99. The molecule has 1 unspecified atom stereocenters. The van der Waals surface area contributed by atoms with E-state index in [1.165, 1.54) is 17.0 Å². The summed E-state index contributed by atoms with van der Waals surface area (Å²) in [7, 11) is -3.79. The van der Waals surface area contributed by atoms with Crippen molar-refractivity contribution in [2.24, 2.45) is 5.92 Å². The maximum Gasteiger partial charge on any atom is 0.434 e. The molecule has 2 fully saturated rings. The quantitative estimate of drug-likeness (QED) is 0.517.